The van der Waals surface area contributed by atoms with Crippen LogP contribution in [0.2, 0.25) is 0 Å². The molecule has 0 aliphatic carbocycles. The predicted molar refractivity (Wildman–Crippen MR) is 270 cm³/mol. The Kier molecular flexibility index (Phi) is 8.87. The van der Waals surface area contributed by atoms with E-state index in [0.29, 0.717) is 0 Å². The lowest BCUT2D eigenvalue weighted by Gasteiger charge is -2.34. The van der Waals surface area contributed by atoms with E-state index >= 15 is 0 Å². The maximum Gasteiger partial charge on any atom is 0.179 e. The van der Waals surface area contributed by atoms with Crippen molar-refractivity contribution in [3.63, 3.8) is 0 Å². The number of rotatable bonds is 8. The maximum atomic E-state index is 2.52. The molecule has 2 nitrogen and oxygen atoms in total. The van der Waals surface area contributed by atoms with Crippen LogP contribution in [0.1, 0.15) is 0 Å². The summed E-state index contributed by atoms with van der Waals surface area (Å²) in [5.74, 6) is 0. The second-order valence-electron chi connectivity index (χ2n) is 16.5. The Morgan fingerprint density at radius 1 is 0.222 bits per heavy atom. The second kappa shape index (κ2) is 15.2. The number of hydrogen-bond donors (Lipinski definition) is 0. The highest BCUT2D eigenvalue weighted by Crippen LogP contribution is 2.39. The van der Waals surface area contributed by atoms with Crippen molar-refractivity contribution >= 4 is 72.4 Å². The molecule has 12 aromatic rings. The molecule has 0 fully saturated rings. The standard InChI is InChI=1S/C60H42N2Si/c1-6-19-43(20-7-1)45-23-18-24-47(39-45)62-58-37-33-46(44-21-8-2-9-22-44)40-55(58)54-36-34-48(41-60(54)62)61-57-32-17-16-31-53(57)56-42-52(35-38-59(56)61)63(49-25-10-3-11-26-49,50-27-12-4-13-28-50)51-29-14-5-15-30-51/h1-42H. The molecule has 0 amide bonds. The molecule has 0 saturated carbocycles. The number of para-hydroxylation sites is 1. The molecule has 2 heterocycles. The van der Waals surface area contributed by atoms with Gasteiger partial charge < -0.3 is 9.13 Å². The lowest BCUT2D eigenvalue weighted by molar-refractivity contribution is 1.15. The predicted octanol–water partition coefficient (Wildman–Crippen LogP) is 12.6. The van der Waals surface area contributed by atoms with Gasteiger partial charge in [0.05, 0.1) is 22.1 Å². The van der Waals surface area contributed by atoms with Crippen LogP contribution in [0, 0.1) is 0 Å². The van der Waals surface area contributed by atoms with Crippen molar-refractivity contribution in [1.82, 2.24) is 9.13 Å². The summed E-state index contributed by atoms with van der Waals surface area (Å²) in [5.41, 5.74) is 11.8. The van der Waals surface area contributed by atoms with E-state index in [2.05, 4.69) is 264 Å². The van der Waals surface area contributed by atoms with Gasteiger partial charge >= 0.3 is 0 Å². The number of aromatic nitrogens is 2. The monoisotopic (exact) mass is 818 g/mol. The van der Waals surface area contributed by atoms with Gasteiger partial charge in [-0.25, -0.2) is 0 Å². The normalized spacial score (nSPS) is 11.8. The summed E-state index contributed by atoms with van der Waals surface area (Å²) in [7, 11) is -2.75. The molecule has 0 aliphatic heterocycles. The average Bonchev–Trinajstić information content (AvgIpc) is 3.87. The molecule has 0 saturated heterocycles. The molecule has 12 rings (SSSR count). The van der Waals surface area contributed by atoms with E-state index in [0.717, 1.165) is 11.4 Å². The largest absolute Gasteiger partial charge is 0.309 e. The highest BCUT2D eigenvalue weighted by molar-refractivity contribution is 7.20. The Morgan fingerprint density at radius 2 is 0.667 bits per heavy atom. The fourth-order valence-electron chi connectivity index (χ4n) is 10.2. The lowest BCUT2D eigenvalue weighted by Crippen LogP contribution is -2.74. The smallest absolute Gasteiger partial charge is 0.179 e. The van der Waals surface area contributed by atoms with E-state index in [1.807, 2.05) is 0 Å². The van der Waals surface area contributed by atoms with Crippen LogP contribution < -0.4 is 20.7 Å². The molecule has 0 aliphatic rings. The van der Waals surface area contributed by atoms with Crippen molar-refractivity contribution in [3.8, 4) is 33.6 Å². The van der Waals surface area contributed by atoms with Gasteiger partial charge in [-0.2, -0.15) is 0 Å². The molecule has 2 aromatic heterocycles. The summed E-state index contributed by atoms with van der Waals surface area (Å²) in [4.78, 5) is 0. The van der Waals surface area contributed by atoms with E-state index < -0.39 is 8.07 Å². The minimum Gasteiger partial charge on any atom is -0.309 e. The summed E-state index contributed by atoms with van der Waals surface area (Å²) in [6.45, 7) is 0. The van der Waals surface area contributed by atoms with Crippen LogP contribution in [0.25, 0.3) is 77.2 Å². The Labute approximate surface area is 368 Å². The number of fused-ring (bicyclic) bond motifs is 6. The van der Waals surface area contributed by atoms with Crippen LogP contribution >= 0.6 is 0 Å². The highest BCUT2D eigenvalue weighted by Gasteiger charge is 2.41. The first-order valence-electron chi connectivity index (χ1n) is 21.8. The zero-order valence-electron chi connectivity index (χ0n) is 34.6. The molecule has 10 aromatic carbocycles. The summed E-state index contributed by atoms with van der Waals surface area (Å²) >= 11 is 0. The van der Waals surface area contributed by atoms with E-state index in [4.69, 9.17) is 0 Å². The summed E-state index contributed by atoms with van der Waals surface area (Å²) in [5, 5.41) is 10.4. The second-order valence-corrected chi connectivity index (χ2v) is 20.3. The molecular formula is C60H42N2Si. The van der Waals surface area contributed by atoms with E-state index in [1.54, 1.807) is 0 Å². The molecule has 0 N–H and O–H groups in total. The Balaban J connectivity index is 1.11. The minimum atomic E-state index is -2.75. The summed E-state index contributed by atoms with van der Waals surface area (Å²) in [6, 6.07) is 94.2. The number of nitrogens with zero attached hydrogens (tertiary/aromatic N) is 2. The Morgan fingerprint density at radius 3 is 1.29 bits per heavy atom. The Bertz CT molecular complexity index is 3500. The van der Waals surface area contributed by atoms with Crippen LogP contribution in [-0.4, -0.2) is 17.2 Å². The quantitative estimate of drug-likeness (QED) is 0.107. The molecular weight excluding hydrogens is 777 g/mol. The van der Waals surface area contributed by atoms with E-state index in [1.165, 1.54) is 86.6 Å². The zero-order valence-corrected chi connectivity index (χ0v) is 35.6. The van der Waals surface area contributed by atoms with Gasteiger partial charge in [-0.3, -0.25) is 0 Å². The summed E-state index contributed by atoms with van der Waals surface area (Å²) < 4.78 is 4.93. The first-order chi connectivity index (χ1) is 31.3. The molecule has 0 spiro atoms. The van der Waals surface area contributed by atoms with Gasteiger partial charge in [-0.15, -0.1) is 0 Å². The van der Waals surface area contributed by atoms with Crippen molar-refractivity contribution in [2.45, 2.75) is 0 Å². The minimum absolute atomic E-state index is 1.13. The molecule has 0 bridgehead atoms. The molecule has 63 heavy (non-hydrogen) atoms. The molecule has 3 heteroatoms. The van der Waals surface area contributed by atoms with Gasteiger partial charge in [0.2, 0.25) is 0 Å². The van der Waals surface area contributed by atoms with Crippen molar-refractivity contribution in [2.75, 3.05) is 0 Å². The van der Waals surface area contributed by atoms with Gasteiger partial charge in [0.1, 0.15) is 0 Å². The maximum absolute atomic E-state index is 2.75. The van der Waals surface area contributed by atoms with Crippen molar-refractivity contribution in [3.05, 3.63) is 255 Å². The van der Waals surface area contributed by atoms with Gasteiger partial charge in [-0.1, -0.05) is 206 Å². The molecule has 0 unspecified atom stereocenters. The van der Waals surface area contributed by atoms with Crippen LogP contribution in [0.3, 0.4) is 0 Å². The molecule has 0 atom stereocenters. The van der Waals surface area contributed by atoms with Gasteiger partial charge in [0, 0.05) is 32.9 Å². The molecule has 296 valence electrons. The fraction of sp³-hybridized carbons (Fsp3) is 0. The van der Waals surface area contributed by atoms with Crippen molar-refractivity contribution in [2.24, 2.45) is 0 Å². The zero-order chi connectivity index (χ0) is 41.7. The first kappa shape index (κ1) is 36.8. The van der Waals surface area contributed by atoms with Crippen LogP contribution in [0.5, 0.6) is 0 Å². The third kappa shape index (κ3) is 6.00. The van der Waals surface area contributed by atoms with Gasteiger partial charge in [0.25, 0.3) is 0 Å². The Hall–Kier alpha value is -7.98. The van der Waals surface area contributed by atoms with Crippen LogP contribution in [0.4, 0.5) is 0 Å². The number of benzene rings is 10. The van der Waals surface area contributed by atoms with Crippen molar-refractivity contribution < 1.29 is 0 Å². The SMILES string of the molecule is c1ccc(-c2cccc(-n3c4ccc(-c5ccccc5)cc4c4ccc(-n5c6ccccc6c6cc([Si](c7ccccc7)(c7ccccc7)c7ccccc7)ccc65)cc43)c2)cc1. The number of hydrogen-bond acceptors (Lipinski definition) is 0. The first-order valence-corrected chi connectivity index (χ1v) is 23.8. The fourth-order valence-corrected chi connectivity index (χ4v) is 15.0. The lowest BCUT2D eigenvalue weighted by atomic mass is 10.0. The topological polar surface area (TPSA) is 9.86 Å². The van der Waals surface area contributed by atoms with E-state index in [-0.39, 0.29) is 0 Å². The highest BCUT2D eigenvalue weighted by atomic mass is 28.3. The van der Waals surface area contributed by atoms with Gasteiger partial charge in [0.15, 0.2) is 8.07 Å². The third-order valence-electron chi connectivity index (χ3n) is 13.1. The average molecular weight is 819 g/mol. The van der Waals surface area contributed by atoms with Crippen LogP contribution in [0.15, 0.2) is 255 Å². The van der Waals surface area contributed by atoms with E-state index in [9.17, 15) is 0 Å². The van der Waals surface area contributed by atoms with Crippen molar-refractivity contribution in [1.29, 1.82) is 0 Å². The molecule has 0 radical (unpaired) electrons. The van der Waals surface area contributed by atoms with Crippen LogP contribution in [-0.2, 0) is 0 Å². The third-order valence-corrected chi connectivity index (χ3v) is 17.8. The van der Waals surface area contributed by atoms with Gasteiger partial charge in [-0.05, 0) is 91.5 Å². The summed E-state index contributed by atoms with van der Waals surface area (Å²) in [6.07, 6.45) is 0.